The zero-order chi connectivity index (χ0) is 11.8. The monoisotopic (exact) mass is 221 g/mol. The number of hydrogen-bond acceptors (Lipinski definition) is 4. The minimum absolute atomic E-state index is 0.145. The third-order valence-electron chi connectivity index (χ3n) is 2.11. The fraction of sp³-hybridized carbons (Fsp3) is 0.273. The van der Waals surface area contributed by atoms with Gasteiger partial charge < -0.3 is 10.3 Å². The molecule has 1 heterocycles. The summed E-state index contributed by atoms with van der Waals surface area (Å²) in [5.74, 6) is 0.102. The number of hydrogen-bond donors (Lipinski definition) is 1. The summed E-state index contributed by atoms with van der Waals surface area (Å²) >= 11 is 0. The summed E-state index contributed by atoms with van der Waals surface area (Å²) < 4.78 is 18.4. The second kappa shape index (κ2) is 3.68. The fourth-order valence-corrected chi connectivity index (χ4v) is 1.23. The van der Waals surface area contributed by atoms with Crippen molar-refractivity contribution in [1.82, 2.24) is 10.1 Å². The zero-order valence-corrected chi connectivity index (χ0v) is 9.07. The van der Waals surface area contributed by atoms with Gasteiger partial charge in [-0.2, -0.15) is 4.98 Å². The van der Waals surface area contributed by atoms with Gasteiger partial charge in [0.15, 0.2) is 5.82 Å². The Hall–Kier alpha value is -1.75. The number of halogens is 1. The van der Waals surface area contributed by atoms with Crippen molar-refractivity contribution in [3.63, 3.8) is 0 Å². The smallest absolute Gasteiger partial charge is 0.260 e. The van der Waals surface area contributed by atoms with Crippen molar-refractivity contribution >= 4 is 0 Å². The Morgan fingerprint density at radius 1 is 1.31 bits per heavy atom. The molecule has 84 valence electrons. The highest BCUT2D eigenvalue weighted by atomic mass is 19.1. The first-order valence-electron chi connectivity index (χ1n) is 4.86. The maximum atomic E-state index is 13.4. The standard InChI is InChI=1S/C11H12FN3O/c1-11(2,13)10-14-9(16-15-10)7-5-3-4-6-8(7)12/h3-6H,13H2,1-2H3. The van der Waals surface area contributed by atoms with Crippen LogP contribution >= 0.6 is 0 Å². The Morgan fingerprint density at radius 3 is 2.56 bits per heavy atom. The first-order valence-corrected chi connectivity index (χ1v) is 4.86. The molecule has 2 rings (SSSR count). The molecule has 5 heteroatoms. The van der Waals surface area contributed by atoms with Crippen LogP contribution in [0.4, 0.5) is 4.39 Å². The number of benzene rings is 1. The lowest BCUT2D eigenvalue weighted by Gasteiger charge is -2.11. The van der Waals surface area contributed by atoms with Gasteiger partial charge in [0.1, 0.15) is 5.82 Å². The number of nitrogens with zero attached hydrogens (tertiary/aromatic N) is 2. The van der Waals surface area contributed by atoms with Gasteiger partial charge in [-0.3, -0.25) is 0 Å². The van der Waals surface area contributed by atoms with E-state index >= 15 is 0 Å². The van der Waals surface area contributed by atoms with Crippen molar-refractivity contribution < 1.29 is 8.91 Å². The van der Waals surface area contributed by atoms with Gasteiger partial charge >= 0.3 is 0 Å². The molecule has 0 amide bonds. The fourth-order valence-electron chi connectivity index (χ4n) is 1.23. The lowest BCUT2D eigenvalue weighted by Crippen LogP contribution is -2.30. The van der Waals surface area contributed by atoms with E-state index in [1.165, 1.54) is 6.07 Å². The van der Waals surface area contributed by atoms with E-state index in [9.17, 15) is 4.39 Å². The van der Waals surface area contributed by atoms with Crippen molar-refractivity contribution in [3.8, 4) is 11.5 Å². The molecule has 0 radical (unpaired) electrons. The van der Waals surface area contributed by atoms with Gasteiger partial charge in [-0.05, 0) is 26.0 Å². The van der Waals surface area contributed by atoms with Gasteiger partial charge in [0.05, 0.1) is 11.1 Å². The Kier molecular flexibility index (Phi) is 2.47. The van der Waals surface area contributed by atoms with Gasteiger partial charge in [0.25, 0.3) is 5.89 Å². The quantitative estimate of drug-likeness (QED) is 0.843. The molecule has 2 aromatic rings. The molecule has 1 aromatic carbocycles. The molecule has 0 aliphatic rings. The highest BCUT2D eigenvalue weighted by molar-refractivity contribution is 5.53. The van der Waals surface area contributed by atoms with Crippen molar-refractivity contribution in [1.29, 1.82) is 0 Å². The lowest BCUT2D eigenvalue weighted by atomic mass is 10.1. The van der Waals surface area contributed by atoms with Gasteiger partial charge in [-0.25, -0.2) is 4.39 Å². The number of nitrogens with two attached hydrogens (primary N) is 1. The second-order valence-corrected chi connectivity index (χ2v) is 4.12. The van der Waals surface area contributed by atoms with Crippen LogP contribution in [0.25, 0.3) is 11.5 Å². The van der Waals surface area contributed by atoms with E-state index in [4.69, 9.17) is 10.3 Å². The molecule has 0 saturated carbocycles. The van der Waals surface area contributed by atoms with E-state index in [1.807, 2.05) is 0 Å². The topological polar surface area (TPSA) is 64.9 Å². The van der Waals surface area contributed by atoms with Crippen LogP contribution in [-0.2, 0) is 5.54 Å². The molecule has 0 saturated heterocycles. The van der Waals surface area contributed by atoms with Crippen LogP contribution in [0.5, 0.6) is 0 Å². The largest absolute Gasteiger partial charge is 0.334 e. The summed E-state index contributed by atoms with van der Waals surface area (Å²) in [5, 5.41) is 3.73. The van der Waals surface area contributed by atoms with Gasteiger partial charge in [0, 0.05) is 0 Å². The summed E-state index contributed by atoms with van der Waals surface area (Å²) in [4.78, 5) is 4.07. The third-order valence-corrected chi connectivity index (χ3v) is 2.11. The predicted molar refractivity (Wildman–Crippen MR) is 56.9 cm³/mol. The molecule has 0 bridgehead atoms. The highest BCUT2D eigenvalue weighted by Crippen LogP contribution is 2.22. The predicted octanol–water partition coefficient (Wildman–Crippen LogP) is 2.07. The molecule has 4 nitrogen and oxygen atoms in total. The van der Waals surface area contributed by atoms with Crippen LogP contribution in [0.1, 0.15) is 19.7 Å². The minimum atomic E-state index is -0.701. The lowest BCUT2D eigenvalue weighted by molar-refractivity contribution is 0.396. The maximum absolute atomic E-state index is 13.4. The first-order chi connectivity index (χ1) is 7.48. The van der Waals surface area contributed by atoms with E-state index < -0.39 is 11.4 Å². The Morgan fingerprint density at radius 2 is 2.00 bits per heavy atom. The Balaban J connectivity index is 2.44. The van der Waals surface area contributed by atoms with Crippen molar-refractivity contribution in [2.24, 2.45) is 5.73 Å². The van der Waals surface area contributed by atoms with Crippen molar-refractivity contribution in [2.75, 3.05) is 0 Å². The molecular weight excluding hydrogens is 209 g/mol. The Labute approximate surface area is 92.3 Å². The first kappa shape index (κ1) is 10.8. The third kappa shape index (κ3) is 1.94. The molecule has 0 aliphatic heterocycles. The van der Waals surface area contributed by atoms with E-state index in [0.29, 0.717) is 5.82 Å². The van der Waals surface area contributed by atoms with Crippen LogP contribution in [0, 0.1) is 5.82 Å². The Bertz CT molecular complexity index is 502. The van der Waals surface area contributed by atoms with Gasteiger partial charge in [-0.15, -0.1) is 0 Å². The van der Waals surface area contributed by atoms with Crippen LogP contribution in [0.3, 0.4) is 0 Å². The summed E-state index contributed by atoms with van der Waals surface area (Å²) in [7, 11) is 0. The van der Waals surface area contributed by atoms with E-state index in [1.54, 1.807) is 32.0 Å². The molecular formula is C11H12FN3O. The highest BCUT2D eigenvalue weighted by Gasteiger charge is 2.22. The normalized spacial score (nSPS) is 11.8. The molecule has 0 fully saturated rings. The average Bonchev–Trinajstić information content (AvgIpc) is 2.66. The second-order valence-electron chi connectivity index (χ2n) is 4.12. The molecule has 0 aliphatic carbocycles. The summed E-state index contributed by atoms with van der Waals surface area (Å²) in [6.07, 6.45) is 0. The van der Waals surface area contributed by atoms with Crippen LogP contribution in [0.2, 0.25) is 0 Å². The minimum Gasteiger partial charge on any atom is -0.334 e. The zero-order valence-electron chi connectivity index (χ0n) is 9.07. The number of rotatable bonds is 2. The van der Waals surface area contributed by atoms with Crippen molar-refractivity contribution in [2.45, 2.75) is 19.4 Å². The van der Waals surface area contributed by atoms with E-state index in [-0.39, 0.29) is 11.5 Å². The molecule has 0 spiro atoms. The molecule has 1 aromatic heterocycles. The summed E-state index contributed by atoms with van der Waals surface area (Å²) in [6, 6.07) is 6.22. The molecule has 0 atom stereocenters. The molecule has 0 unspecified atom stereocenters. The van der Waals surface area contributed by atoms with Gasteiger partial charge in [0.2, 0.25) is 0 Å². The SMILES string of the molecule is CC(C)(N)c1noc(-c2ccccc2F)n1. The maximum Gasteiger partial charge on any atom is 0.260 e. The van der Waals surface area contributed by atoms with E-state index in [2.05, 4.69) is 10.1 Å². The molecule has 16 heavy (non-hydrogen) atoms. The summed E-state index contributed by atoms with van der Waals surface area (Å²) in [6.45, 7) is 3.51. The average molecular weight is 221 g/mol. The van der Waals surface area contributed by atoms with Crippen molar-refractivity contribution in [3.05, 3.63) is 35.9 Å². The van der Waals surface area contributed by atoms with Gasteiger partial charge in [-0.1, -0.05) is 17.3 Å². The van der Waals surface area contributed by atoms with Crippen LogP contribution in [-0.4, -0.2) is 10.1 Å². The van der Waals surface area contributed by atoms with Crippen LogP contribution < -0.4 is 5.73 Å². The molecule has 2 N–H and O–H groups in total. The van der Waals surface area contributed by atoms with E-state index in [0.717, 1.165) is 0 Å². The summed E-state index contributed by atoms with van der Waals surface area (Å²) in [5.41, 5.74) is 5.39. The van der Waals surface area contributed by atoms with Crippen LogP contribution in [0.15, 0.2) is 28.8 Å². The number of aromatic nitrogens is 2.